The van der Waals surface area contributed by atoms with E-state index in [4.69, 9.17) is 23.8 Å². The first kappa shape index (κ1) is 40.2. The molecule has 17 heteroatoms. The Bertz CT molecular complexity index is 1060. The first-order valence-electron chi connectivity index (χ1n) is 17.2. The molecule has 0 aromatic carbocycles. The lowest BCUT2D eigenvalue weighted by Gasteiger charge is -2.32. The van der Waals surface area contributed by atoms with Crippen molar-refractivity contribution in [3.63, 3.8) is 0 Å². The van der Waals surface area contributed by atoms with Crippen LogP contribution in [0.3, 0.4) is 0 Å². The zero-order valence-corrected chi connectivity index (χ0v) is 28.5. The summed E-state index contributed by atoms with van der Waals surface area (Å²) in [5.41, 5.74) is 0. The number of nitrogens with zero attached hydrogens (tertiary/aromatic N) is 2. The van der Waals surface area contributed by atoms with Crippen molar-refractivity contribution in [3.05, 3.63) is 0 Å². The molecule has 3 saturated heterocycles. The molecule has 6 atom stereocenters. The molecule has 5 amide bonds. The summed E-state index contributed by atoms with van der Waals surface area (Å²) >= 11 is 0. The molecule has 0 bridgehead atoms. The molecule has 278 valence electrons. The lowest BCUT2D eigenvalue weighted by Crippen LogP contribution is -2.42. The molecule has 4 N–H and O–H groups in total. The van der Waals surface area contributed by atoms with Gasteiger partial charge >= 0.3 is 5.97 Å². The maximum atomic E-state index is 13.1. The lowest BCUT2D eigenvalue weighted by atomic mass is 10.1. The molecule has 3 aliphatic rings. The molecule has 3 heterocycles. The van der Waals surface area contributed by atoms with Crippen molar-refractivity contribution in [1.82, 2.24) is 20.6 Å². The third kappa shape index (κ3) is 14.7. The minimum Gasteiger partial charge on any atom is -0.388 e. The van der Waals surface area contributed by atoms with Crippen molar-refractivity contribution in [2.45, 2.75) is 128 Å². The maximum Gasteiger partial charge on any atom is 0.333 e. The molecule has 0 radical (unpaired) electrons. The first-order chi connectivity index (χ1) is 23.4. The average Bonchev–Trinajstić information content (AvgIpc) is 3.38. The molecule has 0 aromatic heterocycles. The monoisotopic (exact) mass is 700 g/mol. The number of imide groups is 1. The fourth-order valence-electron chi connectivity index (χ4n) is 5.41. The molecule has 0 spiro atoms. The molecule has 0 saturated carbocycles. The van der Waals surface area contributed by atoms with E-state index in [-0.39, 0.29) is 114 Å². The number of rotatable bonds is 20. The normalized spacial score (nSPS) is 25.6. The predicted octanol–water partition coefficient (Wildman–Crippen LogP) is -0.200. The van der Waals surface area contributed by atoms with Crippen LogP contribution in [0.2, 0.25) is 0 Å². The molecule has 3 fully saturated rings. The van der Waals surface area contributed by atoms with Crippen LogP contribution < -0.4 is 10.6 Å². The number of hydrogen-bond acceptors (Lipinski definition) is 13. The second-order valence-corrected chi connectivity index (χ2v) is 12.5. The molecule has 3 rings (SSSR count). The van der Waals surface area contributed by atoms with E-state index in [9.17, 15) is 39.0 Å². The average molecular weight is 701 g/mol. The minimum absolute atomic E-state index is 0.00809. The van der Waals surface area contributed by atoms with Gasteiger partial charge in [-0.05, 0) is 52.4 Å². The molecule has 0 aliphatic carbocycles. The Hall–Kier alpha value is -3.22. The summed E-state index contributed by atoms with van der Waals surface area (Å²) in [6, 6.07) is 0. The zero-order valence-electron chi connectivity index (χ0n) is 28.5. The number of aliphatic hydroxyl groups is 2. The van der Waals surface area contributed by atoms with E-state index in [1.54, 1.807) is 0 Å². The Labute approximate surface area is 286 Å². The van der Waals surface area contributed by atoms with Gasteiger partial charge in [0.15, 0.2) is 12.6 Å². The van der Waals surface area contributed by atoms with E-state index in [2.05, 4.69) is 10.6 Å². The second-order valence-electron chi connectivity index (χ2n) is 12.5. The Morgan fingerprint density at radius 3 is 1.71 bits per heavy atom. The summed E-state index contributed by atoms with van der Waals surface area (Å²) in [6.07, 6.45) is -0.0492. The van der Waals surface area contributed by atoms with Gasteiger partial charge in [-0.1, -0.05) is 0 Å². The third-order valence-corrected chi connectivity index (χ3v) is 8.30. The topological polar surface area (TPSA) is 220 Å². The standard InChI is InChI=1S/C32H52N4O13/c1-21-7-9-23(37)31(47-21)45-19-15-33-25(39)13-17-35(18-14-26(40)34-16-20-46-32-24(38)10-8-22(2)48-32)27(41)5-3-4-6-30(44)49-36-28(42)11-12-29(36)43/h21-24,31-32,37-38H,3-20H2,1-2H3,(H,33,39)(H,34,40)/t21-,22-,23-,24-,31+,32+/m0/s1. The highest BCUT2D eigenvalue weighted by atomic mass is 16.7. The van der Waals surface area contributed by atoms with Crippen LogP contribution in [0.4, 0.5) is 0 Å². The number of ether oxygens (including phenoxy) is 4. The number of amides is 5. The Morgan fingerprint density at radius 2 is 1.22 bits per heavy atom. The van der Waals surface area contributed by atoms with Crippen molar-refractivity contribution in [2.75, 3.05) is 39.4 Å². The van der Waals surface area contributed by atoms with Gasteiger partial charge in [-0.25, -0.2) is 4.79 Å². The fraction of sp³-hybridized carbons (Fsp3) is 0.812. The summed E-state index contributed by atoms with van der Waals surface area (Å²) in [5, 5.41) is 25.9. The van der Waals surface area contributed by atoms with Crippen LogP contribution >= 0.6 is 0 Å². The van der Waals surface area contributed by atoms with E-state index < -0.39 is 42.6 Å². The maximum absolute atomic E-state index is 13.1. The highest BCUT2D eigenvalue weighted by Gasteiger charge is 2.33. The molecule has 49 heavy (non-hydrogen) atoms. The van der Waals surface area contributed by atoms with E-state index in [1.807, 2.05) is 13.8 Å². The van der Waals surface area contributed by atoms with Crippen molar-refractivity contribution in [1.29, 1.82) is 0 Å². The van der Waals surface area contributed by atoms with Gasteiger partial charge in [-0.2, -0.15) is 0 Å². The lowest BCUT2D eigenvalue weighted by molar-refractivity contribution is -0.235. The quantitative estimate of drug-likeness (QED) is 0.0957. The molecule has 3 aliphatic heterocycles. The summed E-state index contributed by atoms with van der Waals surface area (Å²) in [7, 11) is 0. The minimum atomic E-state index is -0.757. The van der Waals surface area contributed by atoms with Crippen LogP contribution in [-0.4, -0.2) is 132 Å². The number of hydroxylamine groups is 2. The molecule has 17 nitrogen and oxygen atoms in total. The number of carbonyl (C=O) groups is 6. The van der Waals surface area contributed by atoms with Gasteiger partial charge in [0.05, 0.1) is 25.4 Å². The molecule has 0 unspecified atom stereocenters. The number of unbranched alkanes of at least 4 members (excludes halogenated alkanes) is 1. The van der Waals surface area contributed by atoms with Gasteiger partial charge in [-0.15, -0.1) is 5.06 Å². The molecular formula is C32H52N4O13. The van der Waals surface area contributed by atoms with E-state index >= 15 is 0 Å². The highest BCUT2D eigenvalue weighted by molar-refractivity contribution is 6.01. The van der Waals surface area contributed by atoms with Crippen molar-refractivity contribution < 1.29 is 62.8 Å². The van der Waals surface area contributed by atoms with Crippen LogP contribution in [0, 0.1) is 0 Å². The predicted molar refractivity (Wildman–Crippen MR) is 169 cm³/mol. The van der Waals surface area contributed by atoms with Crippen LogP contribution in [0.5, 0.6) is 0 Å². The molecule has 0 aromatic rings. The van der Waals surface area contributed by atoms with Crippen molar-refractivity contribution >= 4 is 35.5 Å². The number of carbonyl (C=O) groups excluding carboxylic acids is 6. The van der Waals surface area contributed by atoms with Crippen molar-refractivity contribution in [2.24, 2.45) is 0 Å². The Kier molecular flexibility index (Phi) is 17.3. The van der Waals surface area contributed by atoms with Gasteiger partial charge in [0.2, 0.25) is 17.7 Å². The second kappa shape index (κ2) is 21.1. The summed E-state index contributed by atoms with van der Waals surface area (Å²) in [4.78, 5) is 79.8. The smallest absolute Gasteiger partial charge is 0.333 e. The van der Waals surface area contributed by atoms with E-state index in [1.165, 1.54) is 4.90 Å². The van der Waals surface area contributed by atoms with E-state index in [0.717, 1.165) is 12.8 Å². The van der Waals surface area contributed by atoms with E-state index in [0.29, 0.717) is 24.3 Å². The van der Waals surface area contributed by atoms with Gasteiger partial charge in [0.25, 0.3) is 11.8 Å². The van der Waals surface area contributed by atoms with Crippen LogP contribution in [0.15, 0.2) is 0 Å². The molecular weight excluding hydrogens is 648 g/mol. The van der Waals surface area contributed by atoms with Crippen LogP contribution in [-0.2, 0) is 52.6 Å². The van der Waals surface area contributed by atoms with Gasteiger partial charge in [0.1, 0.15) is 12.2 Å². The SMILES string of the molecule is C[C@H]1CC[C@H](O)[C@H](OCCNC(=O)CCN(CCC(=O)NCCO[C@@H]2O[C@@H](C)CC[C@@H]2O)C(=O)CCCCC(=O)ON2C(=O)CCC2=O)O1. The largest absolute Gasteiger partial charge is 0.388 e. The Balaban J connectivity index is 1.39. The number of nitrogens with one attached hydrogen (secondary N) is 2. The number of aliphatic hydroxyl groups excluding tert-OH is 2. The third-order valence-electron chi connectivity index (χ3n) is 8.30. The first-order valence-corrected chi connectivity index (χ1v) is 17.2. The summed E-state index contributed by atoms with van der Waals surface area (Å²) in [6.45, 7) is 4.46. The van der Waals surface area contributed by atoms with Crippen molar-refractivity contribution in [3.8, 4) is 0 Å². The van der Waals surface area contributed by atoms with Gasteiger partial charge < -0.3 is 49.5 Å². The fourth-order valence-corrected chi connectivity index (χ4v) is 5.41. The van der Waals surface area contributed by atoms with Crippen LogP contribution in [0.25, 0.3) is 0 Å². The summed E-state index contributed by atoms with van der Waals surface area (Å²) < 4.78 is 22.3. The number of hydrogen-bond donors (Lipinski definition) is 4. The van der Waals surface area contributed by atoms with Gasteiger partial charge in [0, 0.05) is 64.7 Å². The van der Waals surface area contributed by atoms with Gasteiger partial charge in [-0.3, -0.25) is 24.0 Å². The Morgan fingerprint density at radius 1 is 0.755 bits per heavy atom. The zero-order chi connectivity index (χ0) is 35.8. The van der Waals surface area contributed by atoms with Crippen LogP contribution in [0.1, 0.15) is 90.9 Å². The highest BCUT2D eigenvalue weighted by Crippen LogP contribution is 2.21. The summed E-state index contributed by atoms with van der Waals surface area (Å²) in [5.74, 6) is -2.90.